The number of nitrogens with two attached hydrogens (primary N) is 1. The summed E-state index contributed by atoms with van der Waals surface area (Å²) in [6.45, 7) is 1.60. The number of primary amides is 1. The molecule has 9 heteroatoms. The van der Waals surface area contributed by atoms with Crippen LogP contribution < -0.4 is 5.73 Å². The molecule has 2 N–H and O–H groups in total. The summed E-state index contributed by atoms with van der Waals surface area (Å²) in [4.78, 5) is 15.1. The fraction of sp³-hybridized carbons (Fsp3) is 0.429. The molecule has 0 aliphatic heterocycles. The number of carbonyl (C=O) groups is 1. The topological polar surface area (TPSA) is 93.4 Å². The van der Waals surface area contributed by atoms with Crippen molar-refractivity contribution in [1.82, 2.24) is 9.29 Å². The van der Waals surface area contributed by atoms with Crippen LogP contribution in [0.3, 0.4) is 0 Å². The highest BCUT2D eigenvalue weighted by molar-refractivity contribution is 7.91. The van der Waals surface area contributed by atoms with Gasteiger partial charge in [-0.2, -0.15) is 0 Å². The lowest BCUT2D eigenvalue weighted by Gasteiger charge is -2.06. The molecule has 6 nitrogen and oxygen atoms in total. The van der Waals surface area contributed by atoms with Gasteiger partial charge in [0.25, 0.3) is 15.9 Å². The number of thiazole rings is 1. The van der Waals surface area contributed by atoms with Crippen molar-refractivity contribution in [2.75, 3.05) is 14.1 Å². The summed E-state index contributed by atoms with van der Waals surface area (Å²) in [6.07, 6.45) is 0. The minimum Gasteiger partial charge on any atom is -0.364 e. The van der Waals surface area contributed by atoms with Gasteiger partial charge in [0.15, 0.2) is 0 Å². The molecule has 1 aromatic heterocycles. The summed E-state index contributed by atoms with van der Waals surface area (Å²) in [5.41, 5.74) is 5.06. The Hall–Kier alpha value is -0.700. The summed E-state index contributed by atoms with van der Waals surface area (Å²) >= 11 is 0.936. The maximum absolute atomic E-state index is 11.6. The largest absolute Gasteiger partial charge is 0.364 e. The molecular formula is C7H12ClN3O3S2. The number of carbonyl (C=O) groups excluding carboxylic acids is 1. The van der Waals surface area contributed by atoms with Crippen LogP contribution in [0.15, 0.2) is 4.34 Å². The minimum atomic E-state index is -3.58. The predicted molar refractivity (Wildman–Crippen MR) is 63.5 cm³/mol. The van der Waals surface area contributed by atoms with Gasteiger partial charge in [0.1, 0.15) is 5.69 Å². The lowest BCUT2D eigenvalue weighted by Crippen LogP contribution is -2.22. The SMILES string of the molecule is Cc1sc(S(=O)(=O)N(C)C)nc1C(N)=O.Cl. The van der Waals surface area contributed by atoms with E-state index in [1.807, 2.05) is 0 Å². The third-order valence-electron chi connectivity index (χ3n) is 1.71. The van der Waals surface area contributed by atoms with Crippen molar-refractivity contribution in [3.05, 3.63) is 10.6 Å². The second kappa shape index (κ2) is 5.09. The van der Waals surface area contributed by atoms with Crippen LogP contribution >= 0.6 is 23.7 Å². The average molecular weight is 286 g/mol. The van der Waals surface area contributed by atoms with Crippen LogP contribution in [-0.2, 0) is 10.0 Å². The number of hydrogen-bond acceptors (Lipinski definition) is 5. The summed E-state index contributed by atoms with van der Waals surface area (Å²) in [5.74, 6) is -0.719. The van der Waals surface area contributed by atoms with Crippen molar-refractivity contribution in [3.63, 3.8) is 0 Å². The lowest BCUT2D eigenvalue weighted by molar-refractivity contribution is 0.0995. The summed E-state index contributed by atoms with van der Waals surface area (Å²) in [7, 11) is -0.781. The Morgan fingerprint density at radius 3 is 2.25 bits per heavy atom. The number of hydrogen-bond donors (Lipinski definition) is 1. The molecule has 0 atom stereocenters. The van der Waals surface area contributed by atoms with Crippen LogP contribution in [-0.4, -0.2) is 37.7 Å². The minimum absolute atomic E-state index is 0. The molecule has 0 saturated carbocycles. The summed E-state index contributed by atoms with van der Waals surface area (Å²) in [5, 5.41) is 0. The normalized spacial score (nSPS) is 11.2. The zero-order valence-corrected chi connectivity index (χ0v) is 11.4. The fourth-order valence-corrected chi connectivity index (χ4v) is 3.27. The molecule has 1 aromatic rings. The van der Waals surface area contributed by atoms with E-state index in [0.717, 1.165) is 15.6 Å². The first-order chi connectivity index (χ1) is 6.76. The van der Waals surface area contributed by atoms with Gasteiger partial charge in [-0.15, -0.1) is 23.7 Å². The second-order valence-corrected chi connectivity index (χ2v) is 6.56. The molecule has 1 rings (SSSR count). The van der Waals surface area contributed by atoms with Crippen LogP contribution in [0.5, 0.6) is 0 Å². The Balaban J connectivity index is 0.00000225. The van der Waals surface area contributed by atoms with Gasteiger partial charge in [-0.1, -0.05) is 0 Å². The number of aryl methyl sites for hydroxylation is 1. The number of halogens is 1. The van der Waals surface area contributed by atoms with E-state index in [2.05, 4.69) is 4.98 Å². The van der Waals surface area contributed by atoms with E-state index in [0.29, 0.717) is 4.88 Å². The Morgan fingerprint density at radius 2 is 1.94 bits per heavy atom. The van der Waals surface area contributed by atoms with Gasteiger partial charge < -0.3 is 5.73 Å². The number of sulfonamides is 1. The summed E-state index contributed by atoms with van der Waals surface area (Å²) in [6, 6.07) is 0. The Bertz CT molecular complexity index is 495. The van der Waals surface area contributed by atoms with Gasteiger partial charge in [-0.05, 0) is 6.92 Å². The van der Waals surface area contributed by atoms with Crippen LogP contribution in [0, 0.1) is 6.92 Å². The molecular weight excluding hydrogens is 274 g/mol. The van der Waals surface area contributed by atoms with E-state index >= 15 is 0 Å². The van der Waals surface area contributed by atoms with E-state index in [1.165, 1.54) is 14.1 Å². The zero-order chi connectivity index (χ0) is 11.8. The van der Waals surface area contributed by atoms with Gasteiger partial charge in [0, 0.05) is 19.0 Å². The highest BCUT2D eigenvalue weighted by Gasteiger charge is 2.24. The van der Waals surface area contributed by atoms with E-state index in [9.17, 15) is 13.2 Å². The standard InChI is InChI=1S/C7H11N3O3S2.ClH/c1-4-5(6(8)11)9-7(14-4)15(12,13)10(2)3;/h1-3H3,(H2,8,11);1H. The molecule has 0 bridgehead atoms. The molecule has 0 aromatic carbocycles. The molecule has 92 valence electrons. The van der Waals surface area contributed by atoms with Gasteiger partial charge in [0.2, 0.25) is 4.34 Å². The molecule has 0 radical (unpaired) electrons. The van der Waals surface area contributed by atoms with Crippen molar-refractivity contribution in [2.24, 2.45) is 5.73 Å². The highest BCUT2D eigenvalue weighted by Crippen LogP contribution is 2.23. The Kier molecular flexibility index (Phi) is 4.86. The van der Waals surface area contributed by atoms with Crippen LogP contribution in [0.4, 0.5) is 0 Å². The molecule has 0 unspecified atom stereocenters. The molecule has 16 heavy (non-hydrogen) atoms. The van der Waals surface area contributed by atoms with Crippen LogP contribution in [0.1, 0.15) is 15.4 Å². The first kappa shape index (κ1) is 15.3. The van der Waals surface area contributed by atoms with Crippen LogP contribution in [0.25, 0.3) is 0 Å². The van der Waals surface area contributed by atoms with Gasteiger partial charge >= 0.3 is 0 Å². The van der Waals surface area contributed by atoms with Gasteiger partial charge in [-0.3, -0.25) is 4.79 Å². The Labute approximate surface area is 104 Å². The van der Waals surface area contributed by atoms with E-state index in [4.69, 9.17) is 5.73 Å². The third kappa shape index (κ3) is 2.70. The lowest BCUT2D eigenvalue weighted by atomic mass is 10.4. The van der Waals surface area contributed by atoms with Gasteiger partial charge in [0.05, 0.1) is 0 Å². The molecule has 0 saturated heterocycles. The highest BCUT2D eigenvalue weighted by atomic mass is 35.5. The van der Waals surface area contributed by atoms with E-state index in [1.54, 1.807) is 6.92 Å². The molecule has 1 amide bonds. The zero-order valence-electron chi connectivity index (χ0n) is 8.92. The predicted octanol–water partition coefficient (Wildman–Crippen LogP) is 0.223. The Morgan fingerprint density at radius 1 is 1.44 bits per heavy atom. The molecule has 0 aliphatic carbocycles. The average Bonchev–Trinajstić information content (AvgIpc) is 2.47. The number of rotatable bonds is 3. The fourth-order valence-electron chi connectivity index (χ4n) is 0.867. The molecule has 0 spiro atoms. The van der Waals surface area contributed by atoms with E-state index in [-0.39, 0.29) is 22.4 Å². The number of aromatic nitrogens is 1. The first-order valence-electron chi connectivity index (χ1n) is 3.96. The molecule has 0 fully saturated rings. The maximum Gasteiger partial charge on any atom is 0.269 e. The second-order valence-electron chi connectivity index (χ2n) is 3.04. The van der Waals surface area contributed by atoms with E-state index < -0.39 is 15.9 Å². The monoisotopic (exact) mass is 285 g/mol. The molecule has 1 heterocycles. The smallest absolute Gasteiger partial charge is 0.269 e. The number of amides is 1. The summed E-state index contributed by atoms with van der Waals surface area (Å²) < 4.78 is 24.2. The van der Waals surface area contributed by atoms with Gasteiger partial charge in [-0.25, -0.2) is 17.7 Å². The van der Waals surface area contributed by atoms with Crippen molar-refractivity contribution in [1.29, 1.82) is 0 Å². The maximum atomic E-state index is 11.6. The molecule has 0 aliphatic rings. The quantitative estimate of drug-likeness (QED) is 0.860. The first-order valence-corrected chi connectivity index (χ1v) is 6.22. The van der Waals surface area contributed by atoms with Crippen molar-refractivity contribution in [3.8, 4) is 0 Å². The van der Waals surface area contributed by atoms with Crippen molar-refractivity contribution >= 4 is 39.7 Å². The van der Waals surface area contributed by atoms with Crippen molar-refractivity contribution < 1.29 is 13.2 Å². The number of nitrogens with zero attached hydrogens (tertiary/aromatic N) is 2. The van der Waals surface area contributed by atoms with Crippen LogP contribution in [0.2, 0.25) is 0 Å². The van der Waals surface area contributed by atoms with Crippen molar-refractivity contribution in [2.45, 2.75) is 11.3 Å². The third-order valence-corrected chi connectivity index (χ3v) is 4.85.